The molecule has 2 aromatic rings. The van der Waals surface area contributed by atoms with E-state index in [4.69, 9.17) is 0 Å². The van der Waals surface area contributed by atoms with Gasteiger partial charge in [-0.2, -0.15) is 0 Å². The van der Waals surface area contributed by atoms with Gasteiger partial charge in [0.25, 0.3) is 0 Å². The minimum absolute atomic E-state index is 0.00135. The molecule has 5 rings (SSSR count). The molecule has 0 radical (unpaired) electrons. The summed E-state index contributed by atoms with van der Waals surface area (Å²) >= 11 is 0. The van der Waals surface area contributed by atoms with Gasteiger partial charge in [0.2, 0.25) is 11.9 Å². The fourth-order valence-corrected chi connectivity index (χ4v) is 5.97. The fraction of sp³-hybridized carbons (Fsp3) is 0.565. The van der Waals surface area contributed by atoms with E-state index in [1.807, 2.05) is 24.5 Å². The Kier molecular flexibility index (Phi) is 4.93. The van der Waals surface area contributed by atoms with Gasteiger partial charge in [-0.25, -0.2) is 9.97 Å². The van der Waals surface area contributed by atoms with Crippen molar-refractivity contribution in [2.24, 2.45) is 10.8 Å². The quantitative estimate of drug-likeness (QED) is 0.776. The standard InChI is InChI=1S/C23H30N6O/c1-2-28-14-8-23(20(28)30)18-29(21-25-10-4-11-26-21)17-22(23)6-12-27(13-7-22)16-19-5-3-9-24-15-19/h3-5,9-11,15H,2,6-8,12-14,16-18H2,1H3/t23-/m1/s1. The van der Waals surface area contributed by atoms with Crippen LogP contribution < -0.4 is 4.90 Å². The molecule has 2 spiro atoms. The zero-order valence-electron chi connectivity index (χ0n) is 17.7. The molecule has 7 heteroatoms. The highest BCUT2D eigenvalue weighted by molar-refractivity contribution is 5.87. The van der Waals surface area contributed by atoms with Gasteiger partial charge in [0.05, 0.1) is 5.41 Å². The highest BCUT2D eigenvalue weighted by Crippen LogP contribution is 2.58. The Balaban J connectivity index is 1.40. The summed E-state index contributed by atoms with van der Waals surface area (Å²) < 4.78 is 0. The Labute approximate surface area is 178 Å². The molecule has 3 aliphatic heterocycles. The van der Waals surface area contributed by atoms with Crippen molar-refractivity contribution >= 4 is 11.9 Å². The largest absolute Gasteiger partial charge is 0.342 e. The number of anilines is 1. The second-order valence-electron chi connectivity index (χ2n) is 9.04. The van der Waals surface area contributed by atoms with Crippen LogP contribution >= 0.6 is 0 Å². The molecule has 0 N–H and O–H groups in total. The van der Waals surface area contributed by atoms with E-state index >= 15 is 0 Å². The van der Waals surface area contributed by atoms with Crippen LogP contribution in [0, 0.1) is 10.8 Å². The molecule has 0 bridgehead atoms. The number of hydrogen-bond acceptors (Lipinski definition) is 6. The Morgan fingerprint density at radius 1 is 1.00 bits per heavy atom. The van der Waals surface area contributed by atoms with Gasteiger partial charge >= 0.3 is 0 Å². The van der Waals surface area contributed by atoms with Crippen molar-refractivity contribution in [2.45, 2.75) is 32.7 Å². The summed E-state index contributed by atoms with van der Waals surface area (Å²) in [4.78, 5) is 33.7. The van der Waals surface area contributed by atoms with E-state index in [0.717, 1.165) is 71.0 Å². The Morgan fingerprint density at radius 3 is 2.47 bits per heavy atom. The zero-order chi connectivity index (χ0) is 20.6. The molecule has 2 aromatic heterocycles. The van der Waals surface area contributed by atoms with E-state index in [1.54, 1.807) is 12.4 Å². The molecule has 30 heavy (non-hydrogen) atoms. The number of fused-ring (bicyclic) bond motifs is 1. The summed E-state index contributed by atoms with van der Waals surface area (Å²) in [5, 5.41) is 0. The van der Waals surface area contributed by atoms with E-state index < -0.39 is 0 Å². The van der Waals surface area contributed by atoms with Crippen molar-refractivity contribution in [1.29, 1.82) is 0 Å². The summed E-state index contributed by atoms with van der Waals surface area (Å²) in [6.07, 6.45) is 10.4. The first kappa shape index (κ1) is 19.4. The van der Waals surface area contributed by atoms with Crippen LogP contribution in [0.4, 0.5) is 5.95 Å². The van der Waals surface area contributed by atoms with E-state index in [0.29, 0.717) is 5.91 Å². The van der Waals surface area contributed by atoms with Crippen molar-refractivity contribution in [3.8, 4) is 0 Å². The first-order valence-electron chi connectivity index (χ1n) is 11.1. The molecule has 1 amide bonds. The normalized spacial score (nSPS) is 26.2. The maximum atomic E-state index is 13.6. The van der Waals surface area contributed by atoms with Crippen molar-refractivity contribution < 1.29 is 4.79 Å². The smallest absolute Gasteiger partial charge is 0.231 e. The van der Waals surface area contributed by atoms with E-state index in [1.165, 1.54) is 5.56 Å². The number of rotatable bonds is 4. The maximum Gasteiger partial charge on any atom is 0.231 e. The van der Waals surface area contributed by atoms with Crippen LogP contribution in [0.1, 0.15) is 31.7 Å². The number of hydrogen-bond donors (Lipinski definition) is 0. The van der Waals surface area contributed by atoms with Crippen LogP contribution in [0.3, 0.4) is 0 Å². The maximum absolute atomic E-state index is 13.6. The van der Waals surface area contributed by atoms with Gasteiger partial charge in [-0.05, 0) is 57.0 Å². The second-order valence-corrected chi connectivity index (χ2v) is 9.04. The van der Waals surface area contributed by atoms with Gasteiger partial charge in [-0.3, -0.25) is 14.7 Å². The second kappa shape index (κ2) is 7.61. The van der Waals surface area contributed by atoms with Gasteiger partial charge in [-0.15, -0.1) is 0 Å². The molecule has 1 atom stereocenters. The lowest BCUT2D eigenvalue weighted by molar-refractivity contribution is -0.142. The molecule has 0 aliphatic carbocycles. The number of aromatic nitrogens is 3. The van der Waals surface area contributed by atoms with Gasteiger partial charge in [0.15, 0.2) is 0 Å². The van der Waals surface area contributed by atoms with Crippen LogP contribution in [0.2, 0.25) is 0 Å². The topological polar surface area (TPSA) is 65.5 Å². The predicted molar refractivity (Wildman–Crippen MR) is 115 cm³/mol. The number of carbonyl (C=O) groups is 1. The minimum atomic E-state index is -0.303. The van der Waals surface area contributed by atoms with Crippen LogP contribution in [-0.4, -0.2) is 69.9 Å². The highest BCUT2D eigenvalue weighted by atomic mass is 16.2. The summed E-state index contributed by atoms with van der Waals surface area (Å²) in [5.41, 5.74) is 0.948. The molecule has 3 fully saturated rings. The fourth-order valence-electron chi connectivity index (χ4n) is 5.97. The van der Waals surface area contributed by atoms with Crippen molar-refractivity contribution in [3.63, 3.8) is 0 Å². The molecule has 0 aromatic carbocycles. The molecule has 5 heterocycles. The molecular weight excluding hydrogens is 376 g/mol. The Bertz CT molecular complexity index is 883. The number of pyridine rings is 1. The number of piperidine rings is 1. The van der Waals surface area contributed by atoms with Crippen molar-refractivity contribution in [3.05, 3.63) is 48.5 Å². The zero-order valence-corrected chi connectivity index (χ0v) is 17.7. The summed E-state index contributed by atoms with van der Waals surface area (Å²) in [6.45, 7) is 8.34. The SMILES string of the molecule is CCN1CC[C@@]2(CN(c3ncccn3)CC23CCN(Cc2cccnc2)CC3)C1=O. The van der Waals surface area contributed by atoms with Gasteiger partial charge in [0.1, 0.15) is 0 Å². The molecule has 3 saturated heterocycles. The summed E-state index contributed by atoms with van der Waals surface area (Å²) in [7, 11) is 0. The number of amides is 1. The third-order valence-electron chi connectivity index (χ3n) is 7.63. The highest BCUT2D eigenvalue weighted by Gasteiger charge is 2.65. The van der Waals surface area contributed by atoms with Crippen LogP contribution in [0.25, 0.3) is 0 Å². The monoisotopic (exact) mass is 406 g/mol. The minimum Gasteiger partial charge on any atom is -0.342 e. The summed E-state index contributed by atoms with van der Waals surface area (Å²) in [5.74, 6) is 1.11. The first-order valence-corrected chi connectivity index (χ1v) is 11.1. The molecule has 0 unspecified atom stereocenters. The first-order chi connectivity index (χ1) is 14.7. The van der Waals surface area contributed by atoms with Crippen LogP contribution in [0.15, 0.2) is 43.0 Å². The third-order valence-corrected chi connectivity index (χ3v) is 7.63. The Morgan fingerprint density at radius 2 is 1.80 bits per heavy atom. The Hall–Kier alpha value is -2.54. The van der Waals surface area contributed by atoms with Crippen molar-refractivity contribution in [1.82, 2.24) is 24.8 Å². The van der Waals surface area contributed by atoms with E-state index in [2.05, 4.69) is 42.6 Å². The van der Waals surface area contributed by atoms with Crippen LogP contribution in [-0.2, 0) is 11.3 Å². The predicted octanol–water partition coefficient (Wildman–Crippen LogP) is 2.21. The van der Waals surface area contributed by atoms with Gasteiger partial charge in [0, 0.05) is 62.9 Å². The van der Waals surface area contributed by atoms with Crippen LogP contribution in [0.5, 0.6) is 0 Å². The molecular formula is C23H30N6O. The lowest BCUT2D eigenvalue weighted by atomic mass is 9.60. The van der Waals surface area contributed by atoms with E-state index in [9.17, 15) is 4.79 Å². The number of nitrogens with zero attached hydrogens (tertiary/aromatic N) is 6. The number of carbonyl (C=O) groups excluding carboxylic acids is 1. The average Bonchev–Trinajstić information content (AvgIpc) is 3.29. The lowest BCUT2D eigenvalue weighted by Gasteiger charge is -2.46. The average molecular weight is 407 g/mol. The van der Waals surface area contributed by atoms with E-state index in [-0.39, 0.29) is 10.8 Å². The molecule has 158 valence electrons. The third kappa shape index (κ3) is 3.07. The number of likely N-dealkylation sites (tertiary alicyclic amines) is 2. The molecule has 7 nitrogen and oxygen atoms in total. The summed E-state index contributed by atoms with van der Waals surface area (Å²) in [6, 6.07) is 5.99. The molecule has 3 aliphatic rings. The lowest BCUT2D eigenvalue weighted by Crippen LogP contribution is -2.52. The van der Waals surface area contributed by atoms with Gasteiger partial charge < -0.3 is 9.80 Å². The van der Waals surface area contributed by atoms with Crippen molar-refractivity contribution in [2.75, 3.05) is 44.2 Å². The van der Waals surface area contributed by atoms with Gasteiger partial charge in [-0.1, -0.05) is 6.07 Å². The molecule has 0 saturated carbocycles.